The fourth-order valence-corrected chi connectivity index (χ4v) is 3.04. The van der Waals surface area contributed by atoms with Gasteiger partial charge in [-0.3, -0.25) is 9.78 Å². The van der Waals surface area contributed by atoms with Crippen LogP contribution in [0.5, 0.6) is 5.75 Å². The van der Waals surface area contributed by atoms with Gasteiger partial charge < -0.3 is 14.4 Å². The highest BCUT2D eigenvalue weighted by Crippen LogP contribution is 2.23. The molecule has 1 amide bonds. The highest BCUT2D eigenvalue weighted by molar-refractivity contribution is 5.90. The molecule has 2 heterocycles. The molecule has 136 valence electrons. The standard InChI is InChI=1S/C20H22N2O4/c1-3-22-12-14(8-19(22)23)13-26-20(24)17-9-16(10-21-11-17)15-4-6-18(25-2)7-5-15/h4-7,9-11,14H,3,8,12-13H2,1-2H3. The average Bonchev–Trinajstić information content (AvgIpc) is 3.06. The molecule has 1 aliphatic heterocycles. The summed E-state index contributed by atoms with van der Waals surface area (Å²) < 4.78 is 10.6. The van der Waals surface area contributed by atoms with Crippen molar-refractivity contribution in [2.75, 3.05) is 26.8 Å². The monoisotopic (exact) mass is 354 g/mol. The molecule has 0 bridgehead atoms. The van der Waals surface area contributed by atoms with Gasteiger partial charge in [0.2, 0.25) is 5.91 Å². The van der Waals surface area contributed by atoms with E-state index in [9.17, 15) is 9.59 Å². The van der Waals surface area contributed by atoms with Crippen LogP contribution >= 0.6 is 0 Å². The number of nitrogens with zero attached hydrogens (tertiary/aromatic N) is 2. The second kappa shape index (κ2) is 7.99. The molecule has 0 saturated carbocycles. The number of rotatable bonds is 6. The number of methoxy groups -OCH3 is 1. The Morgan fingerprint density at radius 3 is 2.65 bits per heavy atom. The maximum Gasteiger partial charge on any atom is 0.339 e. The van der Waals surface area contributed by atoms with Crippen molar-refractivity contribution < 1.29 is 19.1 Å². The second-order valence-corrected chi connectivity index (χ2v) is 6.29. The normalized spacial score (nSPS) is 16.6. The van der Waals surface area contributed by atoms with Crippen molar-refractivity contribution in [3.8, 4) is 16.9 Å². The molecule has 1 aromatic carbocycles. The van der Waals surface area contributed by atoms with E-state index in [1.54, 1.807) is 24.3 Å². The Labute approximate surface area is 152 Å². The van der Waals surface area contributed by atoms with Gasteiger partial charge in [-0.05, 0) is 30.7 Å². The summed E-state index contributed by atoms with van der Waals surface area (Å²) in [7, 11) is 1.62. The van der Waals surface area contributed by atoms with Crippen molar-refractivity contribution in [2.45, 2.75) is 13.3 Å². The van der Waals surface area contributed by atoms with Crippen LogP contribution in [-0.4, -0.2) is 48.6 Å². The molecule has 2 aromatic rings. The molecule has 6 nitrogen and oxygen atoms in total. The van der Waals surface area contributed by atoms with Crippen LogP contribution < -0.4 is 4.74 Å². The van der Waals surface area contributed by atoms with Crippen LogP contribution in [0, 0.1) is 5.92 Å². The molecule has 1 saturated heterocycles. The number of pyridine rings is 1. The SMILES string of the molecule is CCN1CC(COC(=O)c2cncc(-c3ccc(OC)cc3)c2)CC1=O. The summed E-state index contributed by atoms with van der Waals surface area (Å²) in [4.78, 5) is 30.0. The van der Waals surface area contributed by atoms with Crippen molar-refractivity contribution in [2.24, 2.45) is 5.92 Å². The zero-order valence-corrected chi connectivity index (χ0v) is 15.0. The highest BCUT2D eigenvalue weighted by Gasteiger charge is 2.29. The molecule has 1 fully saturated rings. The first kappa shape index (κ1) is 17.9. The van der Waals surface area contributed by atoms with Gasteiger partial charge in [-0.1, -0.05) is 12.1 Å². The van der Waals surface area contributed by atoms with E-state index in [2.05, 4.69) is 4.98 Å². The Kier molecular flexibility index (Phi) is 5.51. The summed E-state index contributed by atoms with van der Waals surface area (Å²) in [6.45, 7) is 3.53. The molecule has 0 radical (unpaired) electrons. The number of hydrogen-bond acceptors (Lipinski definition) is 5. The van der Waals surface area contributed by atoms with E-state index in [0.29, 0.717) is 25.1 Å². The minimum absolute atomic E-state index is 0.0594. The number of hydrogen-bond donors (Lipinski definition) is 0. The lowest BCUT2D eigenvalue weighted by Crippen LogP contribution is -2.25. The Bertz CT molecular complexity index is 789. The van der Waals surface area contributed by atoms with Crippen molar-refractivity contribution in [1.82, 2.24) is 9.88 Å². The number of benzene rings is 1. The molecule has 6 heteroatoms. The predicted molar refractivity (Wildman–Crippen MR) is 96.9 cm³/mol. The zero-order valence-electron chi connectivity index (χ0n) is 15.0. The first-order chi connectivity index (χ1) is 12.6. The van der Waals surface area contributed by atoms with Crippen molar-refractivity contribution in [3.05, 3.63) is 48.3 Å². The Morgan fingerprint density at radius 1 is 1.23 bits per heavy atom. The summed E-state index contributed by atoms with van der Waals surface area (Å²) in [6, 6.07) is 9.30. The number of aromatic nitrogens is 1. The Hall–Kier alpha value is -2.89. The quantitative estimate of drug-likeness (QED) is 0.746. The smallest absolute Gasteiger partial charge is 0.339 e. The number of esters is 1. The fourth-order valence-electron chi connectivity index (χ4n) is 3.04. The summed E-state index contributed by atoms with van der Waals surface area (Å²) in [6.07, 6.45) is 3.63. The van der Waals surface area contributed by atoms with E-state index < -0.39 is 5.97 Å². The number of amides is 1. The predicted octanol–water partition coefficient (Wildman–Crippen LogP) is 2.78. The first-order valence-electron chi connectivity index (χ1n) is 8.65. The van der Waals surface area contributed by atoms with Gasteiger partial charge in [-0.2, -0.15) is 0 Å². The first-order valence-corrected chi connectivity index (χ1v) is 8.65. The third-order valence-electron chi connectivity index (χ3n) is 4.52. The topological polar surface area (TPSA) is 68.7 Å². The van der Waals surface area contributed by atoms with E-state index in [0.717, 1.165) is 16.9 Å². The van der Waals surface area contributed by atoms with Crippen LogP contribution in [0.2, 0.25) is 0 Å². The van der Waals surface area contributed by atoms with Gasteiger partial charge in [0, 0.05) is 43.4 Å². The number of carbonyl (C=O) groups excluding carboxylic acids is 2. The maximum atomic E-state index is 12.3. The van der Waals surface area contributed by atoms with Crippen LogP contribution in [0.3, 0.4) is 0 Å². The van der Waals surface area contributed by atoms with Gasteiger partial charge in [0.05, 0.1) is 19.3 Å². The van der Waals surface area contributed by atoms with Crippen molar-refractivity contribution in [1.29, 1.82) is 0 Å². The lowest BCUT2D eigenvalue weighted by atomic mass is 10.1. The lowest BCUT2D eigenvalue weighted by Gasteiger charge is -2.13. The number of likely N-dealkylation sites (tertiary alicyclic amines) is 1. The largest absolute Gasteiger partial charge is 0.497 e. The Balaban J connectivity index is 1.64. The van der Waals surface area contributed by atoms with E-state index >= 15 is 0 Å². The molecule has 1 unspecified atom stereocenters. The summed E-state index contributed by atoms with van der Waals surface area (Å²) in [5.74, 6) is 0.528. The second-order valence-electron chi connectivity index (χ2n) is 6.29. The molecule has 0 spiro atoms. The highest BCUT2D eigenvalue weighted by atomic mass is 16.5. The summed E-state index contributed by atoms with van der Waals surface area (Å²) in [5.41, 5.74) is 2.17. The van der Waals surface area contributed by atoms with Gasteiger partial charge in [-0.25, -0.2) is 4.79 Å². The summed E-state index contributed by atoms with van der Waals surface area (Å²) >= 11 is 0. The van der Waals surface area contributed by atoms with Gasteiger partial charge in [0.1, 0.15) is 5.75 Å². The van der Waals surface area contributed by atoms with E-state index in [1.165, 1.54) is 6.20 Å². The molecule has 1 atom stereocenters. The third kappa shape index (κ3) is 4.02. The number of carbonyl (C=O) groups is 2. The molecule has 1 aliphatic rings. The van der Waals surface area contributed by atoms with Crippen molar-refractivity contribution >= 4 is 11.9 Å². The van der Waals surface area contributed by atoms with Gasteiger partial charge >= 0.3 is 5.97 Å². The zero-order chi connectivity index (χ0) is 18.5. The van der Waals surface area contributed by atoms with E-state index in [-0.39, 0.29) is 18.4 Å². The fraction of sp³-hybridized carbons (Fsp3) is 0.350. The van der Waals surface area contributed by atoms with Gasteiger partial charge in [0.15, 0.2) is 0 Å². The minimum atomic E-state index is -0.421. The van der Waals surface area contributed by atoms with Crippen LogP contribution in [0.4, 0.5) is 0 Å². The van der Waals surface area contributed by atoms with Crippen LogP contribution in [-0.2, 0) is 9.53 Å². The molecule has 1 aromatic heterocycles. The third-order valence-corrected chi connectivity index (χ3v) is 4.52. The van der Waals surface area contributed by atoms with Gasteiger partial charge in [-0.15, -0.1) is 0 Å². The van der Waals surface area contributed by atoms with Crippen LogP contribution in [0.15, 0.2) is 42.7 Å². The average molecular weight is 354 g/mol. The van der Waals surface area contributed by atoms with E-state index in [1.807, 2.05) is 31.2 Å². The molecular formula is C20H22N2O4. The van der Waals surface area contributed by atoms with E-state index in [4.69, 9.17) is 9.47 Å². The number of ether oxygens (including phenoxy) is 2. The van der Waals surface area contributed by atoms with Crippen LogP contribution in [0.1, 0.15) is 23.7 Å². The molecule has 0 N–H and O–H groups in total. The van der Waals surface area contributed by atoms with Gasteiger partial charge in [0.25, 0.3) is 0 Å². The molecule has 3 rings (SSSR count). The lowest BCUT2D eigenvalue weighted by molar-refractivity contribution is -0.127. The maximum absolute atomic E-state index is 12.3. The van der Waals surface area contributed by atoms with Crippen molar-refractivity contribution in [3.63, 3.8) is 0 Å². The Morgan fingerprint density at radius 2 is 2.00 bits per heavy atom. The van der Waals surface area contributed by atoms with Crippen LogP contribution in [0.25, 0.3) is 11.1 Å². The molecule has 0 aliphatic carbocycles. The molecular weight excluding hydrogens is 332 g/mol. The summed E-state index contributed by atoms with van der Waals surface area (Å²) in [5, 5.41) is 0. The molecule has 26 heavy (non-hydrogen) atoms. The minimum Gasteiger partial charge on any atom is -0.497 e.